The Kier molecular flexibility index (Phi) is 4.04. The van der Waals surface area contributed by atoms with E-state index in [1.807, 2.05) is 12.1 Å². The van der Waals surface area contributed by atoms with Crippen molar-refractivity contribution < 1.29 is 9.90 Å². The van der Waals surface area contributed by atoms with Crippen LogP contribution < -0.4 is 5.32 Å². The Bertz CT molecular complexity index is 580. The molecule has 0 fully saturated rings. The van der Waals surface area contributed by atoms with Crippen LogP contribution in [-0.2, 0) is 6.54 Å². The normalized spacial score (nSPS) is 10.3. The van der Waals surface area contributed by atoms with Gasteiger partial charge in [-0.2, -0.15) is 0 Å². The molecule has 1 aromatic carbocycles. The Morgan fingerprint density at radius 2 is 2.17 bits per heavy atom. The van der Waals surface area contributed by atoms with E-state index < -0.39 is 0 Å². The van der Waals surface area contributed by atoms with Gasteiger partial charge < -0.3 is 10.4 Å². The van der Waals surface area contributed by atoms with Crippen LogP contribution in [-0.4, -0.2) is 11.0 Å². The minimum Gasteiger partial charge on any atom is -0.508 e. The number of carbonyl (C=O) groups excluding carboxylic acids is 1. The van der Waals surface area contributed by atoms with Crippen molar-refractivity contribution in [3.05, 3.63) is 50.1 Å². The van der Waals surface area contributed by atoms with Crippen molar-refractivity contribution in [2.45, 2.75) is 13.5 Å². The maximum absolute atomic E-state index is 11.9. The molecule has 0 aliphatic rings. The van der Waals surface area contributed by atoms with E-state index in [0.717, 1.165) is 8.66 Å². The number of amides is 1. The van der Waals surface area contributed by atoms with E-state index in [9.17, 15) is 9.90 Å². The van der Waals surface area contributed by atoms with Gasteiger partial charge in [0, 0.05) is 10.4 Å². The first kappa shape index (κ1) is 13.1. The SMILES string of the molecule is Cc1cc(C(=O)NCc2ccc(Br)s2)ccc1O. The van der Waals surface area contributed by atoms with Gasteiger partial charge in [-0.3, -0.25) is 4.79 Å². The monoisotopic (exact) mass is 325 g/mol. The average molecular weight is 326 g/mol. The Morgan fingerprint density at radius 3 is 2.78 bits per heavy atom. The van der Waals surface area contributed by atoms with Crippen LogP contribution in [0.2, 0.25) is 0 Å². The molecule has 0 radical (unpaired) electrons. The number of hydrogen-bond donors (Lipinski definition) is 2. The molecule has 3 nitrogen and oxygen atoms in total. The molecule has 1 amide bonds. The van der Waals surface area contributed by atoms with Gasteiger partial charge in [-0.05, 0) is 58.7 Å². The Hall–Kier alpha value is -1.33. The molecule has 0 atom stereocenters. The number of rotatable bonds is 3. The highest BCUT2D eigenvalue weighted by atomic mass is 79.9. The van der Waals surface area contributed by atoms with E-state index in [4.69, 9.17) is 0 Å². The van der Waals surface area contributed by atoms with Crippen molar-refractivity contribution in [1.82, 2.24) is 5.32 Å². The van der Waals surface area contributed by atoms with Gasteiger partial charge in [0.1, 0.15) is 5.75 Å². The number of hydrogen-bond acceptors (Lipinski definition) is 3. The van der Waals surface area contributed by atoms with E-state index in [-0.39, 0.29) is 11.7 Å². The fourth-order valence-electron chi connectivity index (χ4n) is 1.51. The summed E-state index contributed by atoms with van der Waals surface area (Å²) >= 11 is 4.97. The summed E-state index contributed by atoms with van der Waals surface area (Å²) in [6, 6.07) is 8.75. The van der Waals surface area contributed by atoms with Crippen molar-refractivity contribution in [2.24, 2.45) is 0 Å². The smallest absolute Gasteiger partial charge is 0.251 e. The predicted octanol–water partition coefficient (Wildman–Crippen LogP) is 3.45. The molecular formula is C13H12BrNO2S. The number of aryl methyl sites for hydroxylation is 1. The van der Waals surface area contributed by atoms with E-state index in [0.29, 0.717) is 17.7 Å². The van der Waals surface area contributed by atoms with E-state index in [1.165, 1.54) is 6.07 Å². The standard InChI is InChI=1S/C13H12BrNO2S/c1-8-6-9(2-4-11(8)16)13(17)15-7-10-3-5-12(14)18-10/h2-6,16H,7H2,1H3,(H,15,17). The third kappa shape index (κ3) is 3.11. The first-order chi connectivity index (χ1) is 8.56. The summed E-state index contributed by atoms with van der Waals surface area (Å²) in [6.07, 6.45) is 0. The Morgan fingerprint density at radius 1 is 1.39 bits per heavy atom. The fraction of sp³-hybridized carbons (Fsp3) is 0.154. The van der Waals surface area contributed by atoms with Gasteiger partial charge in [0.15, 0.2) is 0 Å². The second kappa shape index (κ2) is 5.54. The predicted molar refractivity (Wildman–Crippen MR) is 76.0 cm³/mol. The number of carbonyl (C=O) groups is 1. The minimum absolute atomic E-state index is 0.136. The second-order valence-corrected chi connectivity index (χ2v) is 6.44. The number of benzene rings is 1. The fourth-order valence-corrected chi connectivity index (χ4v) is 2.94. The summed E-state index contributed by atoms with van der Waals surface area (Å²) in [5.74, 6) is 0.0661. The molecule has 2 rings (SSSR count). The van der Waals surface area contributed by atoms with Gasteiger partial charge >= 0.3 is 0 Å². The highest BCUT2D eigenvalue weighted by Gasteiger charge is 2.07. The molecule has 2 N–H and O–H groups in total. The largest absolute Gasteiger partial charge is 0.508 e. The average Bonchev–Trinajstić information content (AvgIpc) is 2.75. The first-order valence-electron chi connectivity index (χ1n) is 5.38. The van der Waals surface area contributed by atoms with E-state index >= 15 is 0 Å². The van der Waals surface area contributed by atoms with Crippen LogP contribution in [0.4, 0.5) is 0 Å². The second-order valence-electron chi connectivity index (χ2n) is 3.89. The quantitative estimate of drug-likeness (QED) is 0.908. The zero-order chi connectivity index (χ0) is 13.1. The molecule has 0 aliphatic carbocycles. The molecule has 18 heavy (non-hydrogen) atoms. The molecule has 5 heteroatoms. The van der Waals surface area contributed by atoms with E-state index in [2.05, 4.69) is 21.2 Å². The third-order valence-electron chi connectivity index (χ3n) is 2.51. The van der Waals surface area contributed by atoms with Gasteiger partial charge in [0.25, 0.3) is 5.91 Å². The van der Waals surface area contributed by atoms with Gasteiger partial charge in [0.2, 0.25) is 0 Å². The number of phenolic OH excluding ortho intramolecular Hbond substituents is 1. The van der Waals surface area contributed by atoms with Crippen molar-refractivity contribution in [3.63, 3.8) is 0 Å². The zero-order valence-electron chi connectivity index (χ0n) is 9.74. The number of thiophene rings is 1. The highest BCUT2D eigenvalue weighted by Crippen LogP contribution is 2.22. The van der Waals surface area contributed by atoms with Gasteiger partial charge in [-0.15, -0.1) is 11.3 Å². The molecule has 1 heterocycles. The van der Waals surface area contributed by atoms with Crippen molar-refractivity contribution in [2.75, 3.05) is 0 Å². The molecule has 0 bridgehead atoms. The lowest BCUT2D eigenvalue weighted by Crippen LogP contribution is -2.22. The third-order valence-corrected chi connectivity index (χ3v) is 4.13. The Labute approximate surface area is 118 Å². The van der Waals surface area contributed by atoms with Crippen LogP contribution in [0.3, 0.4) is 0 Å². The Balaban J connectivity index is 2.01. The first-order valence-corrected chi connectivity index (χ1v) is 6.99. The minimum atomic E-state index is -0.136. The summed E-state index contributed by atoms with van der Waals surface area (Å²) in [5.41, 5.74) is 1.25. The zero-order valence-corrected chi connectivity index (χ0v) is 12.1. The molecule has 0 saturated carbocycles. The lowest BCUT2D eigenvalue weighted by Gasteiger charge is -2.05. The summed E-state index contributed by atoms with van der Waals surface area (Å²) in [6.45, 7) is 2.28. The highest BCUT2D eigenvalue weighted by molar-refractivity contribution is 9.11. The number of nitrogens with one attached hydrogen (secondary N) is 1. The van der Waals surface area contributed by atoms with Gasteiger partial charge in [-0.25, -0.2) is 0 Å². The van der Waals surface area contributed by atoms with Gasteiger partial charge in [-0.1, -0.05) is 0 Å². The molecular weight excluding hydrogens is 314 g/mol. The maximum Gasteiger partial charge on any atom is 0.251 e. The van der Waals surface area contributed by atoms with Crippen LogP contribution in [0.15, 0.2) is 34.1 Å². The van der Waals surface area contributed by atoms with Crippen LogP contribution in [0, 0.1) is 6.92 Å². The van der Waals surface area contributed by atoms with Crippen LogP contribution in [0.25, 0.3) is 0 Å². The number of phenols is 1. The van der Waals surface area contributed by atoms with Crippen molar-refractivity contribution in [1.29, 1.82) is 0 Å². The molecule has 94 valence electrons. The molecule has 0 saturated heterocycles. The topological polar surface area (TPSA) is 49.3 Å². The number of aromatic hydroxyl groups is 1. The van der Waals surface area contributed by atoms with Crippen molar-refractivity contribution >= 4 is 33.2 Å². The lowest BCUT2D eigenvalue weighted by atomic mass is 10.1. The van der Waals surface area contributed by atoms with Crippen LogP contribution in [0.1, 0.15) is 20.8 Å². The molecule has 0 spiro atoms. The maximum atomic E-state index is 11.9. The summed E-state index contributed by atoms with van der Waals surface area (Å²) < 4.78 is 1.05. The van der Waals surface area contributed by atoms with Crippen molar-refractivity contribution in [3.8, 4) is 5.75 Å². The van der Waals surface area contributed by atoms with Crippen LogP contribution in [0.5, 0.6) is 5.75 Å². The number of halogens is 1. The van der Waals surface area contributed by atoms with Gasteiger partial charge in [0.05, 0.1) is 10.3 Å². The summed E-state index contributed by atoms with van der Waals surface area (Å²) in [7, 11) is 0. The molecule has 1 aromatic heterocycles. The molecule has 0 aliphatic heterocycles. The molecule has 0 unspecified atom stereocenters. The lowest BCUT2D eigenvalue weighted by molar-refractivity contribution is 0.0951. The summed E-state index contributed by atoms with van der Waals surface area (Å²) in [4.78, 5) is 13.0. The van der Waals surface area contributed by atoms with E-state index in [1.54, 1.807) is 30.4 Å². The van der Waals surface area contributed by atoms with Crippen LogP contribution >= 0.6 is 27.3 Å². The molecule has 2 aromatic rings. The summed E-state index contributed by atoms with van der Waals surface area (Å²) in [5, 5.41) is 12.2.